The molecule has 1 N–H and O–H groups in total. The molecule has 0 saturated heterocycles. The first kappa shape index (κ1) is 13.0. The van der Waals surface area contributed by atoms with E-state index in [4.69, 9.17) is 4.74 Å². The van der Waals surface area contributed by atoms with Crippen LogP contribution in [-0.4, -0.2) is 32.2 Å². The van der Waals surface area contributed by atoms with Crippen molar-refractivity contribution in [2.45, 2.75) is 12.6 Å². The highest BCUT2D eigenvalue weighted by atomic mass is 19.4. The molecule has 0 aliphatic rings. The van der Waals surface area contributed by atoms with E-state index in [9.17, 15) is 18.0 Å². The van der Waals surface area contributed by atoms with Crippen LogP contribution < -0.4 is 5.32 Å². The number of hydrogen-bond acceptors (Lipinski definition) is 3. The Bertz CT molecular complexity index is 201. The van der Waals surface area contributed by atoms with Gasteiger partial charge < -0.3 is 10.1 Å². The number of halogens is 3. The molecule has 14 heavy (non-hydrogen) atoms. The highest BCUT2D eigenvalue weighted by Crippen LogP contribution is 2.15. The van der Waals surface area contributed by atoms with Gasteiger partial charge in [0.2, 0.25) is 0 Å². The Morgan fingerprint density at radius 2 is 2.14 bits per heavy atom. The lowest BCUT2D eigenvalue weighted by Crippen LogP contribution is -2.21. The molecule has 0 bridgehead atoms. The zero-order valence-corrected chi connectivity index (χ0v) is 7.73. The van der Waals surface area contributed by atoms with E-state index >= 15 is 0 Å². The van der Waals surface area contributed by atoms with Gasteiger partial charge in [0.15, 0.2) is 0 Å². The molecule has 0 fully saturated rings. The van der Waals surface area contributed by atoms with Crippen LogP contribution in [0.1, 0.15) is 6.42 Å². The minimum Gasteiger partial charge on any atom is -0.391 e. The molecule has 0 amide bonds. The highest BCUT2D eigenvalue weighted by Gasteiger charge is 2.35. The molecule has 0 aliphatic carbocycles. The monoisotopic (exact) mass is 211 g/mol. The molecular weight excluding hydrogens is 199 g/mol. The van der Waals surface area contributed by atoms with Gasteiger partial charge in [0.25, 0.3) is 5.78 Å². The zero-order chi connectivity index (χ0) is 11.0. The molecule has 0 heterocycles. The lowest BCUT2D eigenvalue weighted by Gasteiger charge is -2.01. The maximum atomic E-state index is 11.6. The molecule has 0 rings (SSSR count). The molecule has 0 unspecified atom stereocenters. The minimum absolute atomic E-state index is 0.465. The summed E-state index contributed by atoms with van der Waals surface area (Å²) in [6.45, 7) is 0.990. The Labute approximate surface area is 79.9 Å². The SMILES string of the molecule is COCCCNC=CC(=O)C(F)(F)F. The summed E-state index contributed by atoms with van der Waals surface area (Å²) in [5.74, 6) is -1.86. The normalized spacial score (nSPS) is 12.0. The first-order chi connectivity index (χ1) is 6.48. The van der Waals surface area contributed by atoms with Gasteiger partial charge in [0.1, 0.15) is 0 Å². The molecular formula is C8H12F3NO2. The third-order valence-electron chi connectivity index (χ3n) is 1.30. The number of ether oxygens (including phenoxy) is 1. The van der Waals surface area contributed by atoms with E-state index in [1.165, 1.54) is 7.11 Å². The Morgan fingerprint density at radius 3 is 2.64 bits per heavy atom. The van der Waals surface area contributed by atoms with E-state index in [2.05, 4.69) is 5.32 Å². The molecule has 0 aromatic rings. The Kier molecular flexibility index (Phi) is 5.94. The molecule has 82 valence electrons. The fourth-order valence-corrected chi connectivity index (χ4v) is 0.631. The summed E-state index contributed by atoms with van der Waals surface area (Å²) >= 11 is 0. The van der Waals surface area contributed by atoms with E-state index in [1.54, 1.807) is 0 Å². The van der Waals surface area contributed by atoms with E-state index in [1.807, 2.05) is 0 Å². The lowest BCUT2D eigenvalue weighted by molar-refractivity contribution is -0.165. The molecule has 0 spiro atoms. The Hall–Kier alpha value is -1.04. The molecule has 3 nitrogen and oxygen atoms in total. The number of ketones is 1. The summed E-state index contributed by atoms with van der Waals surface area (Å²) in [5, 5.41) is 2.54. The van der Waals surface area contributed by atoms with Crippen molar-refractivity contribution in [3.63, 3.8) is 0 Å². The third-order valence-corrected chi connectivity index (χ3v) is 1.30. The molecule has 0 radical (unpaired) electrons. The number of rotatable bonds is 6. The second-order valence-corrected chi connectivity index (χ2v) is 2.50. The number of methoxy groups -OCH3 is 1. The van der Waals surface area contributed by atoms with Crippen LogP contribution in [0.15, 0.2) is 12.3 Å². The van der Waals surface area contributed by atoms with Crippen molar-refractivity contribution in [2.75, 3.05) is 20.3 Å². The quantitative estimate of drug-likeness (QED) is 0.531. The summed E-state index contributed by atoms with van der Waals surface area (Å²) in [5.41, 5.74) is 0. The van der Waals surface area contributed by atoms with Crippen molar-refractivity contribution in [2.24, 2.45) is 0 Å². The van der Waals surface area contributed by atoms with Gasteiger partial charge in [-0.3, -0.25) is 4.79 Å². The summed E-state index contributed by atoms with van der Waals surface area (Å²) in [4.78, 5) is 10.3. The van der Waals surface area contributed by atoms with Gasteiger partial charge in [-0.15, -0.1) is 0 Å². The van der Waals surface area contributed by atoms with Gasteiger partial charge in [-0.1, -0.05) is 0 Å². The smallest absolute Gasteiger partial charge is 0.391 e. The predicted octanol–water partition coefficient (Wildman–Crippen LogP) is 1.26. The number of carbonyl (C=O) groups excluding carboxylic acids is 1. The standard InChI is InChI=1S/C8H12F3NO2/c1-14-6-2-4-12-5-3-7(13)8(9,10)11/h3,5,12H,2,4,6H2,1H3. The van der Waals surface area contributed by atoms with Crippen LogP contribution in [0, 0.1) is 0 Å². The average Bonchev–Trinajstić information content (AvgIpc) is 2.09. The van der Waals surface area contributed by atoms with Gasteiger partial charge in [-0.2, -0.15) is 13.2 Å². The third kappa shape index (κ3) is 6.47. The van der Waals surface area contributed by atoms with Crippen molar-refractivity contribution in [1.82, 2.24) is 5.32 Å². The van der Waals surface area contributed by atoms with Crippen LogP contribution >= 0.6 is 0 Å². The van der Waals surface area contributed by atoms with Crippen LogP contribution in [0.5, 0.6) is 0 Å². The number of allylic oxidation sites excluding steroid dienone is 1. The Balaban J connectivity index is 3.58. The van der Waals surface area contributed by atoms with Crippen LogP contribution in [0.2, 0.25) is 0 Å². The molecule has 6 heteroatoms. The number of carbonyl (C=O) groups is 1. The van der Waals surface area contributed by atoms with Crippen LogP contribution in [0.4, 0.5) is 13.2 Å². The number of alkyl halides is 3. The van der Waals surface area contributed by atoms with Crippen LogP contribution in [0.25, 0.3) is 0 Å². The first-order valence-electron chi connectivity index (χ1n) is 3.98. The largest absolute Gasteiger partial charge is 0.454 e. The van der Waals surface area contributed by atoms with E-state index < -0.39 is 12.0 Å². The molecule has 0 aromatic heterocycles. The summed E-state index contributed by atoms with van der Waals surface area (Å²) in [6.07, 6.45) is -2.66. The summed E-state index contributed by atoms with van der Waals surface area (Å²) in [6, 6.07) is 0. The average molecular weight is 211 g/mol. The van der Waals surface area contributed by atoms with Crippen molar-refractivity contribution in [3.8, 4) is 0 Å². The summed E-state index contributed by atoms with van der Waals surface area (Å²) < 4.78 is 39.6. The van der Waals surface area contributed by atoms with Crippen molar-refractivity contribution in [3.05, 3.63) is 12.3 Å². The molecule has 0 atom stereocenters. The molecule has 0 aliphatic heterocycles. The maximum Gasteiger partial charge on any atom is 0.454 e. The fourth-order valence-electron chi connectivity index (χ4n) is 0.631. The van der Waals surface area contributed by atoms with Gasteiger partial charge in [0, 0.05) is 32.5 Å². The minimum atomic E-state index is -4.79. The second-order valence-electron chi connectivity index (χ2n) is 2.50. The highest BCUT2D eigenvalue weighted by molar-refractivity contribution is 5.94. The van der Waals surface area contributed by atoms with Gasteiger partial charge in [-0.25, -0.2) is 0 Å². The Morgan fingerprint density at radius 1 is 1.50 bits per heavy atom. The number of nitrogens with one attached hydrogen (secondary N) is 1. The lowest BCUT2D eigenvalue weighted by atomic mass is 10.4. The van der Waals surface area contributed by atoms with Crippen molar-refractivity contribution >= 4 is 5.78 Å². The van der Waals surface area contributed by atoms with E-state index in [0.29, 0.717) is 25.6 Å². The number of hydrogen-bond donors (Lipinski definition) is 1. The van der Waals surface area contributed by atoms with Crippen molar-refractivity contribution < 1.29 is 22.7 Å². The molecule has 0 saturated carbocycles. The zero-order valence-electron chi connectivity index (χ0n) is 7.73. The maximum absolute atomic E-state index is 11.6. The summed E-state index contributed by atoms with van der Waals surface area (Å²) in [7, 11) is 1.53. The first-order valence-corrected chi connectivity index (χ1v) is 3.98. The van der Waals surface area contributed by atoms with Crippen LogP contribution in [-0.2, 0) is 9.53 Å². The van der Waals surface area contributed by atoms with Gasteiger partial charge in [-0.05, 0) is 6.42 Å². The van der Waals surface area contributed by atoms with E-state index in [0.717, 1.165) is 6.20 Å². The fraction of sp³-hybridized carbons (Fsp3) is 0.625. The van der Waals surface area contributed by atoms with E-state index in [-0.39, 0.29) is 0 Å². The van der Waals surface area contributed by atoms with Gasteiger partial charge in [0.05, 0.1) is 0 Å². The predicted molar refractivity (Wildman–Crippen MR) is 44.7 cm³/mol. The second kappa shape index (κ2) is 6.42. The van der Waals surface area contributed by atoms with Crippen molar-refractivity contribution in [1.29, 1.82) is 0 Å². The van der Waals surface area contributed by atoms with Gasteiger partial charge >= 0.3 is 6.18 Å². The van der Waals surface area contributed by atoms with Crippen LogP contribution in [0.3, 0.4) is 0 Å². The topological polar surface area (TPSA) is 38.3 Å². The molecule has 0 aromatic carbocycles.